The van der Waals surface area contributed by atoms with Crippen LogP contribution in [0.15, 0.2) is 22.4 Å². The van der Waals surface area contributed by atoms with Crippen LogP contribution in [0, 0.1) is 6.92 Å². The van der Waals surface area contributed by atoms with Gasteiger partial charge in [0, 0.05) is 17.1 Å². The van der Waals surface area contributed by atoms with E-state index in [0.29, 0.717) is 25.4 Å². The molecule has 0 aliphatic rings. The summed E-state index contributed by atoms with van der Waals surface area (Å²) in [6.45, 7) is 3.37. The highest BCUT2D eigenvalue weighted by molar-refractivity contribution is 7.09. The van der Waals surface area contributed by atoms with Crippen LogP contribution in [-0.4, -0.2) is 27.9 Å². The molecule has 2 aromatic heterocycles. The van der Waals surface area contributed by atoms with Gasteiger partial charge in [0.15, 0.2) is 0 Å². The summed E-state index contributed by atoms with van der Waals surface area (Å²) >= 11 is 1.52. The second kappa shape index (κ2) is 6.44. The van der Waals surface area contributed by atoms with Crippen molar-refractivity contribution in [3.05, 3.63) is 38.7 Å². The SMILES string of the molecule is Cc1csc(Cn2ncc(OCCCN)cc2=O)n1. The number of hydrogen-bond acceptors (Lipinski definition) is 6. The lowest BCUT2D eigenvalue weighted by atomic mass is 10.4. The van der Waals surface area contributed by atoms with E-state index in [4.69, 9.17) is 10.5 Å². The van der Waals surface area contributed by atoms with E-state index in [1.807, 2.05) is 12.3 Å². The maximum absolute atomic E-state index is 11.9. The zero-order valence-corrected chi connectivity index (χ0v) is 11.5. The molecule has 2 N–H and O–H groups in total. The molecule has 2 heterocycles. The fourth-order valence-electron chi connectivity index (χ4n) is 1.49. The van der Waals surface area contributed by atoms with Crippen molar-refractivity contribution in [1.82, 2.24) is 14.8 Å². The van der Waals surface area contributed by atoms with Gasteiger partial charge in [0.1, 0.15) is 10.8 Å². The molecule has 0 bridgehead atoms. The Morgan fingerprint density at radius 2 is 2.37 bits per heavy atom. The first-order valence-corrected chi connectivity index (χ1v) is 6.88. The molecule has 0 aliphatic heterocycles. The molecule has 0 atom stereocenters. The minimum atomic E-state index is -0.196. The largest absolute Gasteiger partial charge is 0.492 e. The van der Waals surface area contributed by atoms with Gasteiger partial charge in [-0.3, -0.25) is 4.79 Å². The highest BCUT2D eigenvalue weighted by atomic mass is 32.1. The van der Waals surface area contributed by atoms with Gasteiger partial charge in [-0.05, 0) is 19.9 Å². The van der Waals surface area contributed by atoms with Crippen LogP contribution in [0.25, 0.3) is 0 Å². The Labute approximate surface area is 114 Å². The molecule has 2 aromatic rings. The third-order valence-electron chi connectivity index (χ3n) is 2.41. The second-order valence-corrected chi connectivity index (χ2v) is 5.00. The summed E-state index contributed by atoms with van der Waals surface area (Å²) < 4.78 is 6.74. The maximum Gasteiger partial charge on any atom is 0.270 e. The van der Waals surface area contributed by atoms with Crippen molar-refractivity contribution < 1.29 is 4.74 Å². The molecule has 7 heteroatoms. The van der Waals surface area contributed by atoms with Crippen LogP contribution in [-0.2, 0) is 6.54 Å². The number of aryl methyl sites for hydroxylation is 1. The summed E-state index contributed by atoms with van der Waals surface area (Å²) in [5, 5.41) is 6.89. The lowest BCUT2D eigenvalue weighted by Crippen LogP contribution is -2.22. The summed E-state index contributed by atoms with van der Waals surface area (Å²) in [7, 11) is 0. The third-order valence-corrected chi connectivity index (χ3v) is 3.36. The molecule has 0 fully saturated rings. The fraction of sp³-hybridized carbons (Fsp3) is 0.417. The van der Waals surface area contributed by atoms with Gasteiger partial charge in [0.25, 0.3) is 5.56 Å². The number of thiazole rings is 1. The topological polar surface area (TPSA) is 83.0 Å². The summed E-state index contributed by atoms with van der Waals surface area (Å²) in [5.74, 6) is 0.477. The predicted molar refractivity (Wildman–Crippen MR) is 73.6 cm³/mol. The van der Waals surface area contributed by atoms with Crippen molar-refractivity contribution in [1.29, 1.82) is 0 Å². The number of hydrogen-bond donors (Lipinski definition) is 1. The van der Waals surface area contributed by atoms with E-state index >= 15 is 0 Å². The Balaban J connectivity index is 2.04. The van der Waals surface area contributed by atoms with Crippen LogP contribution >= 0.6 is 11.3 Å². The Kier molecular flexibility index (Phi) is 4.64. The smallest absolute Gasteiger partial charge is 0.270 e. The molecule has 0 amide bonds. The molecule has 102 valence electrons. The predicted octanol–water partition coefficient (Wildman–Crippen LogP) is 0.784. The van der Waals surface area contributed by atoms with E-state index in [0.717, 1.165) is 17.1 Å². The van der Waals surface area contributed by atoms with Crippen molar-refractivity contribution in [2.45, 2.75) is 19.9 Å². The molecule has 19 heavy (non-hydrogen) atoms. The summed E-state index contributed by atoms with van der Waals surface area (Å²) in [6, 6.07) is 1.43. The van der Waals surface area contributed by atoms with Crippen molar-refractivity contribution in [2.24, 2.45) is 5.73 Å². The van der Waals surface area contributed by atoms with Gasteiger partial charge in [-0.1, -0.05) is 0 Å². The molecule has 0 saturated carbocycles. The average Bonchev–Trinajstić information content (AvgIpc) is 2.79. The number of nitrogens with two attached hydrogens (primary N) is 1. The molecule has 0 radical (unpaired) electrons. The van der Waals surface area contributed by atoms with E-state index in [1.54, 1.807) is 6.20 Å². The number of nitrogens with zero attached hydrogens (tertiary/aromatic N) is 3. The van der Waals surface area contributed by atoms with Crippen LogP contribution in [0.4, 0.5) is 0 Å². The van der Waals surface area contributed by atoms with Crippen LogP contribution < -0.4 is 16.0 Å². The molecule has 0 aromatic carbocycles. The minimum absolute atomic E-state index is 0.196. The number of ether oxygens (including phenoxy) is 1. The Hall–Kier alpha value is -1.73. The monoisotopic (exact) mass is 280 g/mol. The Morgan fingerprint density at radius 3 is 3.00 bits per heavy atom. The van der Waals surface area contributed by atoms with Crippen LogP contribution in [0.3, 0.4) is 0 Å². The van der Waals surface area contributed by atoms with Crippen molar-refractivity contribution >= 4 is 11.3 Å². The first-order chi connectivity index (χ1) is 9.19. The van der Waals surface area contributed by atoms with E-state index in [2.05, 4.69) is 10.1 Å². The van der Waals surface area contributed by atoms with Crippen molar-refractivity contribution in [3.63, 3.8) is 0 Å². The maximum atomic E-state index is 11.9. The fourth-order valence-corrected chi connectivity index (χ4v) is 2.24. The Bertz CT molecular complexity index is 593. The summed E-state index contributed by atoms with van der Waals surface area (Å²) in [4.78, 5) is 16.2. The Morgan fingerprint density at radius 1 is 1.53 bits per heavy atom. The third kappa shape index (κ3) is 3.87. The van der Waals surface area contributed by atoms with Gasteiger partial charge in [0.2, 0.25) is 0 Å². The van der Waals surface area contributed by atoms with Gasteiger partial charge in [-0.15, -0.1) is 11.3 Å². The van der Waals surface area contributed by atoms with Crippen LogP contribution in [0.1, 0.15) is 17.1 Å². The first kappa shape index (κ1) is 13.7. The van der Waals surface area contributed by atoms with Crippen molar-refractivity contribution in [2.75, 3.05) is 13.2 Å². The number of aromatic nitrogens is 3. The van der Waals surface area contributed by atoms with Crippen LogP contribution in [0.2, 0.25) is 0 Å². The molecular formula is C12H16N4O2S. The molecule has 0 saturated heterocycles. The summed E-state index contributed by atoms with van der Waals surface area (Å²) in [5.41, 5.74) is 6.12. The molecular weight excluding hydrogens is 264 g/mol. The van der Waals surface area contributed by atoms with Crippen molar-refractivity contribution in [3.8, 4) is 5.75 Å². The lowest BCUT2D eigenvalue weighted by Gasteiger charge is -2.06. The molecule has 0 spiro atoms. The van der Waals surface area contributed by atoms with E-state index in [9.17, 15) is 4.79 Å². The van der Waals surface area contributed by atoms with Gasteiger partial charge in [0.05, 0.1) is 19.3 Å². The summed E-state index contributed by atoms with van der Waals surface area (Å²) in [6.07, 6.45) is 2.29. The van der Waals surface area contributed by atoms with Gasteiger partial charge in [-0.2, -0.15) is 5.10 Å². The molecule has 6 nitrogen and oxygen atoms in total. The van der Waals surface area contributed by atoms with E-state index in [-0.39, 0.29) is 5.56 Å². The molecule has 0 unspecified atom stereocenters. The zero-order valence-electron chi connectivity index (χ0n) is 10.7. The zero-order chi connectivity index (χ0) is 13.7. The van der Waals surface area contributed by atoms with Gasteiger partial charge < -0.3 is 10.5 Å². The van der Waals surface area contributed by atoms with Crippen LogP contribution in [0.5, 0.6) is 5.75 Å². The highest BCUT2D eigenvalue weighted by Gasteiger charge is 2.04. The highest BCUT2D eigenvalue weighted by Crippen LogP contribution is 2.10. The quantitative estimate of drug-likeness (QED) is 0.791. The van der Waals surface area contributed by atoms with Gasteiger partial charge >= 0.3 is 0 Å². The number of rotatable bonds is 6. The normalized spacial score (nSPS) is 10.6. The van der Waals surface area contributed by atoms with E-state index < -0.39 is 0 Å². The standard InChI is InChI=1S/C12H16N4O2S/c1-9-8-19-11(15-9)7-16-12(17)5-10(6-14-16)18-4-2-3-13/h5-6,8H,2-4,7,13H2,1H3. The molecule has 2 rings (SSSR count). The first-order valence-electron chi connectivity index (χ1n) is 6.00. The van der Waals surface area contributed by atoms with Gasteiger partial charge in [-0.25, -0.2) is 9.67 Å². The second-order valence-electron chi connectivity index (χ2n) is 4.06. The average molecular weight is 280 g/mol. The molecule has 0 aliphatic carbocycles. The van der Waals surface area contributed by atoms with E-state index in [1.165, 1.54) is 22.1 Å². The lowest BCUT2D eigenvalue weighted by molar-refractivity contribution is 0.309. The minimum Gasteiger partial charge on any atom is -0.492 e.